The van der Waals surface area contributed by atoms with Crippen LogP contribution in [-0.4, -0.2) is 53.3 Å². The molecule has 6 nitrogen and oxygen atoms in total. The monoisotopic (exact) mass is 332 g/mol. The number of carbonyl (C=O) groups is 1. The van der Waals surface area contributed by atoms with Gasteiger partial charge in [0.05, 0.1) is 5.54 Å². The lowest BCUT2D eigenvalue weighted by molar-refractivity contribution is 0.000371. The van der Waals surface area contributed by atoms with Crippen LogP contribution in [0.4, 0.5) is 16.3 Å². The number of hydrogen-bond donors (Lipinski definition) is 1. The van der Waals surface area contributed by atoms with Gasteiger partial charge >= 0.3 is 6.09 Å². The summed E-state index contributed by atoms with van der Waals surface area (Å²) in [5.41, 5.74) is 1.77. The molecule has 1 fully saturated rings. The Balaban J connectivity index is 1.77. The normalized spacial score (nSPS) is 19.7. The number of hydrogen-bond acceptors (Lipinski definition) is 5. The first-order valence-electron chi connectivity index (χ1n) is 8.65. The Morgan fingerprint density at radius 1 is 1.33 bits per heavy atom. The molecule has 0 spiro atoms. The zero-order valence-electron chi connectivity index (χ0n) is 15.3. The molecular weight excluding hydrogens is 304 g/mol. The van der Waals surface area contributed by atoms with E-state index in [-0.39, 0.29) is 11.6 Å². The number of ether oxygens (including phenoxy) is 1. The molecule has 1 saturated heterocycles. The third-order valence-electron chi connectivity index (χ3n) is 4.56. The first-order valence-corrected chi connectivity index (χ1v) is 8.65. The third kappa shape index (κ3) is 3.28. The SMILES string of the molecule is CC(C)(C)OC(=O)N1CCN(c2ccnc3c2CCN3)CC1(C)C. The molecular formula is C18H28N4O2. The molecule has 0 aliphatic carbocycles. The van der Waals surface area contributed by atoms with Gasteiger partial charge in [0, 0.05) is 43.6 Å². The first-order chi connectivity index (χ1) is 11.2. The molecule has 0 atom stereocenters. The average Bonchev–Trinajstić information content (AvgIpc) is 2.92. The summed E-state index contributed by atoms with van der Waals surface area (Å²) in [5, 5.41) is 3.33. The maximum atomic E-state index is 12.5. The summed E-state index contributed by atoms with van der Waals surface area (Å²) in [6.07, 6.45) is 2.64. The molecule has 0 unspecified atom stereocenters. The van der Waals surface area contributed by atoms with E-state index in [0.717, 1.165) is 31.9 Å². The van der Waals surface area contributed by atoms with E-state index in [2.05, 4.69) is 35.1 Å². The van der Waals surface area contributed by atoms with Crippen molar-refractivity contribution < 1.29 is 9.53 Å². The van der Waals surface area contributed by atoms with Crippen LogP contribution in [0.25, 0.3) is 0 Å². The molecule has 6 heteroatoms. The zero-order valence-corrected chi connectivity index (χ0v) is 15.3. The lowest BCUT2D eigenvalue weighted by atomic mass is 9.98. The van der Waals surface area contributed by atoms with Gasteiger partial charge < -0.3 is 15.0 Å². The largest absolute Gasteiger partial charge is 0.444 e. The van der Waals surface area contributed by atoms with Crippen molar-refractivity contribution in [1.29, 1.82) is 0 Å². The number of carbonyl (C=O) groups excluding carboxylic acids is 1. The van der Waals surface area contributed by atoms with E-state index >= 15 is 0 Å². The molecule has 1 aromatic heterocycles. The molecule has 3 rings (SSSR count). The summed E-state index contributed by atoms with van der Waals surface area (Å²) in [6.45, 7) is 13.1. The minimum absolute atomic E-state index is 0.228. The van der Waals surface area contributed by atoms with Crippen molar-refractivity contribution in [2.24, 2.45) is 0 Å². The van der Waals surface area contributed by atoms with Gasteiger partial charge in [-0.1, -0.05) is 0 Å². The number of anilines is 2. The number of pyridine rings is 1. The maximum absolute atomic E-state index is 12.5. The molecule has 2 aliphatic rings. The van der Waals surface area contributed by atoms with Crippen molar-refractivity contribution in [2.75, 3.05) is 36.4 Å². The lowest BCUT2D eigenvalue weighted by Crippen LogP contribution is -2.62. The van der Waals surface area contributed by atoms with Crippen LogP contribution in [0, 0.1) is 0 Å². The molecule has 0 bridgehead atoms. The van der Waals surface area contributed by atoms with Crippen molar-refractivity contribution in [3.63, 3.8) is 0 Å². The van der Waals surface area contributed by atoms with Crippen molar-refractivity contribution in [1.82, 2.24) is 9.88 Å². The molecule has 24 heavy (non-hydrogen) atoms. The van der Waals surface area contributed by atoms with E-state index in [1.807, 2.05) is 31.9 Å². The summed E-state index contributed by atoms with van der Waals surface area (Å²) in [7, 11) is 0. The molecule has 0 saturated carbocycles. The highest BCUT2D eigenvalue weighted by Crippen LogP contribution is 2.33. The Bertz CT molecular complexity index is 636. The van der Waals surface area contributed by atoms with E-state index < -0.39 is 5.60 Å². The first kappa shape index (κ1) is 16.9. The number of nitrogens with one attached hydrogen (secondary N) is 1. The van der Waals surface area contributed by atoms with Crippen LogP contribution in [-0.2, 0) is 11.2 Å². The Morgan fingerprint density at radius 3 is 2.75 bits per heavy atom. The Labute approximate surface area is 144 Å². The fourth-order valence-electron chi connectivity index (χ4n) is 3.50. The molecule has 0 radical (unpaired) electrons. The maximum Gasteiger partial charge on any atom is 0.410 e. The van der Waals surface area contributed by atoms with Crippen LogP contribution < -0.4 is 10.2 Å². The van der Waals surface area contributed by atoms with E-state index in [1.165, 1.54) is 11.3 Å². The van der Waals surface area contributed by atoms with Crippen molar-refractivity contribution in [3.05, 3.63) is 17.8 Å². The van der Waals surface area contributed by atoms with Crippen LogP contribution in [0.2, 0.25) is 0 Å². The fourth-order valence-corrected chi connectivity index (χ4v) is 3.50. The van der Waals surface area contributed by atoms with Crippen molar-refractivity contribution in [3.8, 4) is 0 Å². The zero-order chi connectivity index (χ0) is 17.5. The molecule has 1 aromatic rings. The van der Waals surface area contributed by atoms with Gasteiger partial charge in [-0.25, -0.2) is 9.78 Å². The van der Waals surface area contributed by atoms with Gasteiger partial charge in [0.15, 0.2) is 0 Å². The smallest absolute Gasteiger partial charge is 0.410 e. The number of rotatable bonds is 1. The van der Waals surface area contributed by atoms with Crippen LogP contribution in [0.3, 0.4) is 0 Å². The lowest BCUT2D eigenvalue weighted by Gasteiger charge is -2.48. The van der Waals surface area contributed by atoms with Gasteiger partial charge in [0.1, 0.15) is 11.4 Å². The topological polar surface area (TPSA) is 57.7 Å². The van der Waals surface area contributed by atoms with Crippen LogP contribution in [0.1, 0.15) is 40.2 Å². The molecule has 2 aliphatic heterocycles. The Hall–Kier alpha value is -1.98. The highest BCUT2D eigenvalue weighted by molar-refractivity contribution is 5.71. The Kier molecular flexibility index (Phi) is 4.10. The molecule has 132 valence electrons. The van der Waals surface area contributed by atoms with Crippen LogP contribution in [0.5, 0.6) is 0 Å². The van der Waals surface area contributed by atoms with E-state index in [9.17, 15) is 4.79 Å². The Morgan fingerprint density at radius 2 is 2.08 bits per heavy atom. The minimum atomic E-state index is -0.470. The van der Waals surface area contributed by atoms with Gasteiger partial charge in [-0.2, -0.15) is 0 Å². The standard InChI is InChI=1S/C18H28N4O2/c1-17(2,3)24-16(23)22-11-10-21(12-18(22,4)5)14-7-9-20-15-13(14)6-8-19-15/h7,9H,6,8,10-12H2,1-5H3,(H,19,20). The van der Waals surface area contributed by atoms with Gasteiger partial charge in [0.25, 0.3) is 0 Å². The average molecular weight is 332 g/mol. The van der Waals surface area contributed by atoms with Crippen LogP contribution in [0.15, 0.2) is 12.3 Å². The fraction of sp³-hybridized carbons (Fsp3) is 0.667. The highest BCUT2D eigenvalue weighted by Gasteiger charge is 2.39. The predicted molar refractivity (Wildman–Crippen MR) is 95.7 cm³/mol. The third-order valence-corrected chi connectivity index (χ3v) is 4.56. The summed E-state index contributed by atoms with van der Waals surface area (Å²) >= 11 is 0. The number of nitrogens with zero attached hydrogens (tertiary/aromatic N) is 3. The summed E-state index contributed by atoms with van der Waals surface area (Å²) in [6, 6.07) is 2.09. The van der Waals surface area contributed by atoms with Gasteiger partial charge in [-0.3, -0.25) is 4.90 Å². The van der Waals surface area contributed by atoms with Gasteiger partial charge in [-0.05, 0) is 47.1 Å². The van der Waals surface area contributed by atoms with Crippen molar-refractivity contribution >= 4 is 17.6 Å². The predicted octanol–water partition coefficient (Wildman–Crippen LogP) is 2.89. The highest BCUT2D eigenvalue weighted by atomic mass is 16.6. The number of piperazine rings is 1. The van der Waals surface area contributed by atoms with Crippen LogP contribution >= 0.6 is 0 Å². The quantitative estimate of drug-likeness (QED) is 0.857. The van der Waals surface area contributed by atoms with Gasteiger partial charge in [-0.15, -0.1) is 0 Å². The number of amides is 1. The van der Waals surface area contributed by atoms with E-state index in [4.69, 9.17) is 4.74 Å². The summed E-state index contributed by atoms with van der Waals surface area (Å²) in [5.74, 6) is 1.000. The number of fused-ring (bicyclic) bond motifs is 1. The van der Waals surface area contributed by atoms with E-state index in [0.29, 0.717) is 6.54 Å². The minimum Gasteiger partial charge on any atom is -0.444 e. The molecule has 3 heterocycles. The second kappa shape index (κ2) is 5.83. The summed E-state index contributed by atoms with van der Waals surface area (Å²) < 4.78 is 5.58. The van der Waals surface area contributed by atoms with Gasteiger partial charge in [0.2, 0.25) is 0 Å². The summed E-state index contributed by atoms with van der Waals surface area (Å²) in [4.78, 5) is 21.2. The van der Waals surface area contributed by atoms with Crippen molar-refractivity contribution in [2.45, 2.75) is 52.2 Å². The molecule has 1 N–H and O–H groups in total. The number of aromatic nitrogens is 1. The second-order valence-electron chi connectivity index (χ2n) is 8.20. The molecule has 0 aromatic carbocycles. The second-order valence-corrected chi connectivity index (χ2v) is 8.20. The molecule has 1 amide bonds. The van der Waals surface area contributed by atoms with E-state index in [1.54, 1.807) is 0 Å².